The Balaban J connectivity index is 2.45. The molecule has 0 unspecified atom stereocenters. The van der Waals surface area contributed by atoms with Gasteiger partial charge in [0.1, 0.15) is 6.04 Å². The van der Waals surface area contributed by atoms with Crippen LogP contribution in [0.4, 0.5) is 4.79 Å². The molecule has 0 aliphatic heterocycles. The summed E-state index contributed by atoms with van der Waals surface area (Å²) < 4.78 is 0. The van der Waals surface area contributed by atoms with Crippen molar-refractivity contribution in [1.29, 1.82) is 0 Å². The molecule has 0 saturated heterocycles. The highest BCUT2D eigenvalue weighted by atomic mass is 16.4. The average Bonchev–Trinajstić information content (AvgIpc) is 2.36. The van der Waals surface area contributed by atoms with Crippen LogP contribution in [-0.4, -0.2) is 34.0 Å². The summed E-state index contributed by atoms with van der Waals surface area (Å²) in [5.74, 6) is -2.13. The highest BCUT2D eigenvalue weighted by Crippen LogP contribution is 1.94. The summed E-state index contributed by atoms with van der Waals surface area (Å²) in [7, 11) is 0. The molecule has 0 saturated carbocycles. The van der Waals surface area contributed by atoms with Gasteiger partial charge in [0.25, 0.3) is 0 Å². The van der Waals surface area contributed by atoms with E-state index in [2.05, 4.69) is 15.6 Å². The molecule has 1 heterocycles. The first-order valence-corrected chi connectivity index (χ1v) is 5.44. The van der Waals surface area contributed by atoms with Crippen LogP contribution in [0.3, 0.4) is 0 Å². The van der Waals surface area contributed by atoms with Gasteiger partial charge in [0, 0.05) is 6.20 Å². The fourth-order valence-corrected chi connectivity index (χ4v) is 1.28. The van der Waals surface area contributed by atoms with Crippen molar-refractivity contribution in [2.75, 3.05) is 0 Å². The van der Waals surface area contributed by atoms with Gasteiger partial charge in [-0.25, -0.2) is 9.59 Å². The zero-order valence-corrected chi connectivity index (χ0v) is 10.00. The van der Waals surface area contributed by atoms with Gasteiger partial charge in [-0.2, -0.15) is 0 Å². The second-order valence-electron chi connectivity index (χ2n) is 3.71. The lowest BCUT2D eigenvalue weighted by Gasteiger charge is -2.13. The number of rotatable bonds is 6. The van der Waals surface area contributed by atoms with E-state index in [0.29, 0.717) is 5.69 Å². The zero-order valence-electron chi connectivity index (χ0n) is 10.00. The molecule has 0 radical (unpaired) electrons. The van der Waals surface area contributed by atoms with Crippen LogP contribution in [0.5, 0.6) is 0 Å². The van der Waals surface area contributed by atoms with Crippen LogP contribution in [0.1, 0.15) is 12.1 Å². The molecule has 0 aliphatic carbocycles. The van der Waals surface area contributed by atoms with E-state index in [1.54, 1.807) is 24.4 Å². The number of urea groups is 1. The molecule has 0 fully saturated rings. The number of nitrogens with two attached hydrogens (primary N) is 1. The van der Waals surface area contributed by atoms with E-state index in [1.807, 2.05) is 0 Å². The van der Waals surface area contributed by atoms with Crippen molar-refractivity contribution in [2.45, 2.75) is 19.0 Å². The number of pyridine rings is 1. The van der Waals surface area contributed by atoms with Crippen LogP contribution >= 0.6 is 0 Å². The van der Waals surface area contributed by atoms with Gasteiger partial charge in [-0.3, -0.25) is 9.78 Å². The largest absolute Gasteiger partial charge is 0.480 e. The summed E-state index contributed by atoms with van der Waals surface area (Å²) in [6.45, 7) is 0.148. The molecule has 0 aliphatic rings. The number of nitrogens with zero attached hydrogens (tertiary/aromatic N) is 1. The Morgan fingerprint density at radius 3 is 2.63 bits per heavy atom. The van der Waals surface area contributed by atoms with E-state index in [0.717, 1.165) is 0 Å². The lowest BCUT2D eigenvalue weighted by atomic mass is 10.2. The first kappa shape index (κ1) is 14.4. The molecule has 8 heteroatoms. The van der Waals surface area contributed by atoms with E-state index in [-0.39, 0.29) is 6.54 Å². The number of amides is 3. The minimum atomic E-state index is -1.35. The van der Waals surface area contributed by atoms with Gasteiger partial charge in [0.05, 0.1) is 18.7 Å². The third-order valence-corrected chi connectivity index (χ3v) is 2.16. The highest BCUT2D eigenvalue weighted by Gasteiger charge is 2.21. The monoisotopic (exact) mass is 266 g/mol. The Bertz CT molecular complexity index is 463. The quantitative estimate of drug-likeness (QED) is 0.535. The molecule has 0 aromatic carbocycles. The number of carboxylic acid groups (broad SMARTS) is 1. The molecule has 8 nitrogen and oxygen atoms in total. The SMILES string of the molecule is NC(=O)C[C@H](NC(=O)NCc1ccccn1)C(=O)O. The number of carbonyl (C=O) groups excluding carboxylic acids is 2. The molecule has 0 bridgehead atoms. The van der Waals surface area contributed by atoms with Crippen molar-refractivity contribution in [3.63, 3.8) is 0 Å². The zero-order chi connectivity index (χ0) is 14.3. The molecule has 3 amide bonds. The number of nitrogens with one attached hydrogen (secondary N) is 2. The van der Waals surface area contributed by atoms with Crippen molar-refractivity contribution in [1.82, 2.24) is 15.6 Å². The van der Waals surface area contributed by atoms with Crippen molar-refractivity contribution >= 4 is 17.9 Å². The molecular weight excluding hydrogens is 252 g/mol. The van der Waals surface area contributed by atoms with Gasteiger partial charge in [0.15, 0.2) is 0 Å². The maximum atomic E-state index is 11.4. The Labute approximate surface area is 109 Å². The van der Waals surface area contributed by atoms with Crippen LogP contribution in [0, 0.1) is 0 Å². The van der Waals surface area contributed by atoms with Crippen LogP contribution in [0.2, 0.25) is 0 Å². The predicted molar refractivity (Wildman–Crippen MR) is 64.8 cm³/mol. The number of aromatic nitrogens is 1. The topological polar surface area (TPSA) is 134 Å². The minimum Gasteiger partial charge on any atom is -0.480 e. The van der Waals surface area contributed by atoms with Crippen molar-refractivity contribution in [3.8, 4) is 0 Å². The highest BCUT2D eigenvalue weighted by molar-refractivity contribution is 5.87. The number of carbonyl (C=O) groups is 3. The van der Waals surface area contributed by atoms with E-state index >= 15 is 0 Å². The second-order valence-corrected chi connectivity index (χ2v) is 3.71. The summed E-state index contributed by atoms with van der Waals surface area (Å²) in [6, 6.07) is 3.14. The fraction of sp³-hybridized carbons (Fsp3) is 0.273. The van der Waals surface area contributed by atoms with E-state index in [1.165, 1.54) is 0 Å². The van der Waals surface area contributed by atoms with E-state index in [4.69, 9.17) is 10.8 Å². The maximum absolute atomic E-state index is 11.4. The number of aliphatic carboxylic acids is 1. The van der Waals surface area contributed by atoms with Gasteiger partial charge in [-0.05, 0) is 12.1 Å². The number of primary amides is 1. The minimum absolute atomic E-state index is 0.148. The summed E-state index contributed by atoms with van der Waals surface area (Å²) >= 11 is 0. The average molecular weight is 266 g/mol. The summed E-state index contributed by atoms with van der Waals surface area (Å²) in [5, 5.41) is 13.4. The number of hydrogen-bond donors (Lipinski definition) is 4. The van der Waals surface area contributed by atoms with Gasteiger partial charge >= 0.3 is 12.0 Å². The Kier molecular flexibility index (Phi) is 5.27. The molecular formula is C11H14N4O4. The predicted octanol–water partition coefficient (Wildman–Crippen LogP) is -0.791. The van der Waals surface area contributed by atoms with Crippen LogP contribution in [-0.2, 0) is 16.1 Å². The van der Waals surface area contributed by atoms with Crippen LogP contribution in [0.25, 0.3) is 0 Å². The van der Waals surface area contributed by atoms with Crippen LogP contribution in [0.15, 0.2) is 24.4 Å². The Morgan fingerprint density at radius 1 is 1.37 bits per heavy atom. The molecule has 1 atom stereocenters. The smallest absolute Gasteiger partial charge is 0.326 e. The van der Waals surface area contributed by atoms with Gasteiger partial charge < -0.3 is 21.5 Å². The summed E-state index contributed by atoms with van der Waals surface area (Å²) in [4.78, 5) is 36.9. The Morgan fingerprint density at radius 2 is 2.11 bits per heavy atom. The molecule has 1 aromatic heterocycles. The van der Waals surface area contributed by atoms with E-state index in [9.17, 15) is 14.4 Å². The first-order valence-electron chi connectivity index (χ1n) is 5.44. The third-order valence-electron chi connectivity index (χ3n) is 2.16. The maximum Gasteiger partial charge on any atom is 0.326 e. The molecule has 1 aromatic rings. The molecule has 0 spiro atoms. The number of carboxylic acids is 1. The molecule has 102 valence electrons. The normalized spacial score (nSPS) is 11.4. The number of hydrogen-bond acceptors (Lipinski definition) is 4. The van der Waals surface area contributed by atoms with Crippen molar-refractivity contribution in [3.05, 3.63) is 30.1 Å². The van der Waals surface area contributed by atoms with E-state index < -0.39 is 30.4 Å². The van der Waals surface area contributed by atoms with Crippen molar-refractivity contribution < 1.29 is 19.5 Å². The third kappa shape index (κ3) is 5.48. The fourth-order valence-electron chi connectivity index (χ4n) is 1.28. The molecule has 19 heavy (non-hydrogen) atoms. The first-order chi connectivity index (χ1) is 8.99. The summed E-state index contributed by atoms with van der Waals surface area (Å²) in [5.41, 5.74) is 5.51. The van der Waals surface area contributed by atoms with Crippen molar-refractivity contribution in [2.24, 2.45) is 5.73 Å². The lowest BCUT2D eigenvalue weighted by molar-refractivity contribution is -0.140. The summed E-state index contributed by atoms with van der Waals surface area (Å²) in [6.07, 6.45) is 1.11. The molecule has 5 N–H and O–H groups in total. The van der Waals surface area contributed by atoms with Gasteiger partial charge in [0.2, 0.25) is 5.91 Å². The standard InChI is InChI=1S/C11H14N4O4/c12-9(16)5-8(10(17)18)15-11(19)14-6-7-3-1-2-4-13-7/h1-4,8H,5-6H2,(H2,12,16)(H,17,18)(H2,14,15,19)/t8-/m0/s1. The van der Waals surface area contributed by atoms with Gasteiger partial charge in [-0.15, -0.1) is 0 Å². The molecule has 1 rings (SSSR count). The van der Waals surface area contributed by atoms with Crippen LogP contribution < -0.4 is 16.4 Å². The second kappa shape index (κ2) is 6.94. The lowest BCUT2D eigenvalue weighted by Crippen LogP contribution is -2.47. The Hall–Kier alpha value is -2.64. The van der Waals surface area contributed by atoms with Gasteiger partial charge in [-0.1, -0.05) is 6.07 Å².